The molecule has 0 amide bonds. The van der Waals surface area contributed by atoms with Crippen molar-refractivity contribution in [2.24, 2.45) is 46.5 Å². The van der Waals surface area contributed by atoms with Gasteiger partial charge < -0.3 is 4.74 Å². The van der Waals surface area contributed by atoms with Crippen LogP contribution in [-0.2, 0) is 4.74 Å². The Morgan fingerprint density at radius 3 is 2.74 bits per heavy atom. The first-order valence-electron chi connectivity index (χ1n) is 9.29. The maximum Gasteiger partial charge on any atom is 0.301 e. The highest BCUT2D eigenvalue weighted by molar-refractivity contribution is 5.98. The molecule has 6 aliphatic rings. The summed E-state index contributed by atoms with van der Waals surface area (Å²) in [5, 5.41) is 26.9. The summed E-state index contributed by atoms with van der Waals surface area (Å²) in [5.41, 5.74) is 3.42. The summed E-state index contributed by atoms with van der Waals surface area (Å²) in [4.78, 5) is 21.0. The van der Waals surface area contributed by atoms with Gasteiger partial charge in [-0.3, -0.25) is 25.7 Å². The summed E-state index contributed by atoms with van der Waals surface area (Å²) < 4.78 is 6.07. The van der Waals surface area contributed by atoms with E-state index in [9.17, 15) is 20.2 Å². The van der Waals surface area contributed by atoms with Gasteiger partial charge in [0, 0.05) is 36.6 Å². The quantitative estimate of drug-likeness (QED) is 0.628. The smallest absolute Gasteiger partial charge is 0.301 e. The van der Waals surface area contributed by atoms with Gasteiger partial charge in [-0.15, -0.1) is 0 Å². The van der Waals surface area contributed by atoms with Crippen molar-refractivity contribution in [1.82, 2.24) is 0 Å². The first kappa shape index (κ1) is 15.5. The van der Waals surface area contributed by atoms with Crippen LogP contribution in [0.25, 0.3) is 0 Å². The number of rotatable bonds is 5. The minimum atomic E-state index is -0.639. The van der Waals surface area contributed by atoms with Crippen molar-refractivity contribution in [3.8, 4) is 0 Å². The number of nitro benzene ring substituents is 2. The van der Waals surface area contributed by atoms with Gasteiger partial charge in [0.2, 0.25) is 0 Å². The SMILES string of the molecule is COC12CC3C4CC5C(/C(=N\Nc6ccc([N+](=O)[O-])cc6[N+](=O)[O-])C1C35)C42. The number of non-ortho nitro benzene ring substituents is 1. The highest BCUT2D eigenvalue weighted by Crippen LogP contribution is 2.83. The predicted molar refractivity (Wildman–Crippen MR) is 94.2 cm³/mol. The largest absolute Gasteiger partial charge is 0.377 e. The predicted octanol–water partition coefficient (Wildman–Crippen LogP) is 2.82. The van der Waals surface area contributed by atoms with Crippen LogP contribution < -0.4 is 5.43 Å². The van der Waals surface area contributed by atoms with Crippen molar-refractivity contribution in [1.29, 1.82) is 0 Å². The molecular formula is C18H18N4O5. The zero-order chi connectivity index (χ0) is 18.7. The molecule has 6 bridgehead atoms. The fraction of sp³-hybridized carbons (Fsp3) is 0.611. The van der Waals surface area contributed by atoms with Crippen LogP contribution in [0, 0.1) is 61.7 Å². The molecule has 9 heteroatoms. The number of anilines is 1. The van der Waals surface area contributed by atoms with Crippen molar-refractivity contribution in [3.05, 3.63) is 38.4 Å². The lowest BCUT2D eigenvalue weighted by Gasteiger charge is -2.40. The molecule has 0 aliphatic heterocycles. The van der Waals surface area contributed by atoms with Gasteiger partial charge >= 0.3 is 5.69 Å². The Balaban J connectivity index is 1.37. The van der Waals surface area contributed by atoms with Gasteiger partial charge in [-0.05, 0) is 42.6 Å². The Morgan fingerprint density at radius 2 is 2.04 bits per heavy atom. The van der Waals surface area contributed by atoms with Gasteiger partial charge in [0.25, 0.3) is 5.69 Å². The Hall–Kier alpha value is -2.55. The number of nitro groups is 2. The van der Waals surface area contributed by atoms with E-state index in [-0.39, 0.29) is 22.7 Å². The van der Waals surface area contributed by atoms with Gasteiger partial charge in [-0.25, -0.2) is 0 Å². The van der Waals surface area contributed by atoms with Gasteiger partial charge in [0.05, 0.1) is 21.5 Å². The lowest BCUT2D eigenvalue weighted by atomic mass is 9.69. The number of ether oxygens (including phenoxy) is 1. The van der Waals surface area contributed by atoms with E-state index >= 15 is 0 Å². The van der Waals surface area contributed by atoms with E-state index in [2.05, 4.69) is 10.5 Å². The molecule has 0 heterocycles. The van der Waals surface area contributed by atoms with Gasteiger partial charge in [0.1, 0.15) is 5.69 Å². The molecule has 1 aromatic rings. The standard InChI is InChI=1S/C18H18N4O5/c1-27-18-6-10-8-5-9-13(10)16(18)17(14(9)15(8)18)20-19-11-3-2-7(21(23)24)4-12(11)22(25)26/h2-4,8-10,13-16,19H,5-6H2,1H3/b20-17+. The van der Waals surface area contributed by atoms with E-state index in [4.69, 9.17) is 4.74 Å². The fourth-order valence-corrected chi connectivity index (χ4v) is 7.75. The number of benzene rings is 1. The Bertz CT molecular complexity index is 948. The van der Waals surface area contributed by atoms with Crippen LogP contribution in [-0.4, -0.2) is 28.3 Å². The van der Waals surface area contributed by atoms with E-state index in [1.807, 2.05) is 7.11 Å². The summed E-state index contributed by atoms with van der Waals surface area (Å²) in [7, 11) is 1.81. The molecule has 6 aliphatic carbocycles. The summed E-state index contributed by atoms with van der Waals surface area (Å²) in [6.45, 7) is 0. The third kappa shape index (κ3) is 1.55. The van der Waals surface area contributed by atoms with Gasteiger partial charge in [-0.2, -0.15) is 5.10 Å². The molecule has 6 saturated carbocycles. The second-order valence-electron chi connectivity index (χ2n) is 8.56. The van der Waals surface area contributed by atoms with Crippen molar-refractivity contribution >= 4 is 22.8 Å². The number of nitrogens with zero attached hydrogens (tertiary/aromatic N) is 3. The maximum atomic E-state index is 11.3. The molecule has 0 saturated heterocycles. The third-order valence-electron chi connectivity index (χ3n) is 8.16. The van der Waals surface area contributed by atoms with Gasteiger partial charge in [0.15, 0.2) is 0 Å². The van der Waals surface area contributed by atoms with E-state index in [1.165, 1.54) is 18.6 Å². The van der Waals surface area contributed by atoms with E-state index < -0.39 is 9.85 Å². The average Bonchev–Trinajstić information content (AvgIpc) is 3.38. The van der Waals surface area contributed by atoms with Crippen LogP contribution in [0.5, 0.6) is 0 Å². The molecule has 0 spiro atoms. The zero-order valence-corrected chi connectivity index (χ0v) is 14.6. The monoisotopic (exact) mass is 370 g/mol. The minimum Gasteiger partial charge on any atom is -0.377 e. The third-order valence-corrected chi connectivity index (χ3v) is 8.16. The number of hydrazone groups is 1. The van der Waals surface area contributed by atoms with Crippen LogP contribution in [0.4, 0.5) is 17.1 Å². The highest BCUT2D eigenvalue weighted by Gasteiger charge is 2.86. The second-order valence-corrected chi connectivity index (χ2v) is 8.56. The maximum absolute atomic E-state index is 11.3. The first-order chi connectivity index (χ1) is 13.0. The lowest BCUT2D eigenvalue weighted by Crippen LogP contribution is -2.45. The van der Waals surface area contributed by atoms with Crippen LogP contribution in [0.1, 0.15) is 12.8 Å². The molecule has 1 N–H and O–H groups in total. The molecule has 27 heavy (non-hydrogen) atoms. The topological polar surface area (TPSA) is 120 Å². The average molecular weight is 370 g/mol. The number of hydrogen-bond donors (Lipinski definition) is 1. The first-order valence-corrected chi connectivity index (χ1v) is 9.29. The molecule has 7 rings (SSSR count). The van der Waals surface area contributed by atoms with E-state index in [0.29, 0.717) is 29.6 Å². The van der Waals surface area contributed by atoms with Crippen LogP contribution in [0.15, 0.2) is 23.3 Å². The normalized spacial score (nSPS) is 45.5. The van der Waals surface area contributed by atoms with Crippen molar-refractivity contribution in [2.75, 3.05) is 12.5 Å². The molecular weight excluding hydrogens is 352 g/mol. The fourth-order valence-electron chi connectivity index (χ4n) is 7.75. The summed E-state index contributed by atoms with van der Waals surface area (Å²) in [6.07, 6.45) is 2.39. The van der Waals surface area contributed by atoms with Crippen LogP contribution in [0.3, 0.4) is 0 Å². The number of methoxy groups -OCH3 is 1. The lowest BCUT2D eigenvalue weighted by molar-refractivity contribution is -0.393. The molecule has 9 nitrogen and oxygen atoms in total. The Labute approximate surface area is 154 Å². The van der Waals surface area contributed by atoms with E-state index in [1.54, 1.807) is 0 Å². The molecule has 0 aromatic heterocycles. The number of hydrogen-bond acceptors (Lipinski definition) is 7. The second kappa shape index (κ2) is 4.64. The van der Waals surface area contributed by atoms with Crippen molar-refractivity contribution in [2.45, 2.75) is 18.4 Å². The summed E-state index contributed by atoms with van der Waals surface area (Å²) in [5.74, 6) is 4.12. The minimum absolute atomic E-state index is 0.0837. The van der Waals surface area contributed by atoms with Crippen molar-refractivity contribution in [3.63, 3.8) is 0 Å². The number of nitrogens with one attached hydrogen (secondary N) is 1. The van der Waals surface area contributed by atoms with Crippen LogP contribution in [0.2, 0.25) is 0 Å². The molecule has 8 atom stereocenters. The van der Waals surface area contributed by atoms with E-state index in [0.717, 1.165) is 30.0 Å². The summed E-state index contributed by atoms with van der Waals surface area (Å²) in [6, 6.07) is 3.59. The van der Waals surface area contributed by atoms with Crippen molar-refractivity contribution < 1.29 is 14.6 Å². The van der Waals surface area contributed by atoms with Crippen LogP contribution >= 0.6 is 0 Å². The molecule has 0 radical (unpaired) electrons. The molecule has 140 valence electrons. The molecule has 1 aromatic carbocycles. The molecule has 8 unspecified atom stereocenters. The Kier molecular flexibility index (Phi) is 2.67. The summed E-state index contributed by atoms with van der Waals surface area (Å²) >= 11 is 0. The Morgan fingerprint density at radius 1 is 1.22 bits per heavy atom. The van der Waals surface area contributed by atoms with Gasteiger partial charge in [-0.1, -0.05) is 0 Å². The zero-order valence-electron chi connectivity index (χ0n) is 14.6. The highest BCUT2D eigenvalue weighted by atomic mass is 16.6. The molecule has 6 fully saturated rings.